The van der Waals surface area contributed by atoms with Gasteiger partial charge in [-0.25, -0.2) is 13.8 Å². The Bertz CT molecular complexity index is 672. The molecule has 3 rings (SSSR count). The van der Waals surface area contributed by atoms with Crippen LogP contribution >= 0.6 is 0 Å². The molecule has 1 saturated carbocycles. The van der Waals surface area contributed by atoms with Crippen LogP contribution in [0.25, 0.3) is 10.9 Å². The van der Waals surface area contributed by atoms with Crippen molar-refractivity contribution in [2.75, 3.05) is 5.32 Å². The summed E-state index contributed by atoms with van der Waals surface area (Å²) in [7, 11) is 0. The standard InChI is InChI=1S/C14H11F2N3/c15-13(16)14(5-6-14)19-12-10(8-17)7-9-3-1-2-4-11(9)18-12/h1-4,7,13H,5-6H2,(H,18,19). The fraction of sp³-hybridized carbons (Fsp3) is 0.286. The van der Waals surface area contributed by atoms with E-state index in [2.05, 4.69) is 10.3 Å². The summed E-state index contributed by atoms with van der Waals surface area (Å²) < 4.78 is 25.9. The molecular weight excluding hydrogens is 248 g/mol. The number of nitrogens with one attached hydrogen (secondary N) is 1. The van der Waals surface area contributed by atoms with Gasteiger partial charge < -0.3 is 5.32 Å². The second kappa shape index (κ2) is 4.16. The molecule has 0 atom stereocenters. The van der Waals surface area contributed by atoms with E-state index in [1.54, 1.807) is 12.1 Å². The van der Waals surface area contributed by atoms with Crippen LogP contribution in [0.4, 0.5) is 14.6 Å². The first kappa shape index (κ1) is 11.8. The summed E-state index contributed by atoms with van der Waals surface area (Å²) in [6.45, 7) is 0. The van der Waals surface area contributed by atoms with Gasteiger partial charge in [0.25, 0.3) is 6.43 Å². The van der Waals surface area contributed by atoms with Gasteiger partial charge in [-0.05, 0) is 25.0 Å². The summed E-state index contributed by atoms with van der Waals surface area (Å²) in [5, 5.41) is 12.7. The summed E-state index contributed by atoms with van der Waals surface area (Å²) in [6.07, 6.45) is -1.64. The van der Waals surface area contributed by atoms with E-state index in [0.717, 1.165) is 5.39 Å². The monoisotopic (exact) mass is 259 g/mol. The molecule has 1 N–H and O–H groups in total. The third kappa shape index (κ3) is 1.99. The van der Waals surface area contributed by atoms with Crippen molar-refractivity contribution in [1.82, 2.24) is 4.98 Å². The number of alkyl halides is 2. The molecule has 2 aromatic rings. The fourth-order valence-electron chi connectivity index (χ4n) is 2.06. The summed E-state index contributed by atoms with van der Waals surface area (Å²) in [6, 6.07) is 11.0. The van der Waals surface area contributed by atoms with E-state index < -0.39 is 12.0 Å². The highest BCUT2D eigenvalue weighted by molar-refractivity contribution is 5.83. The molecule has 5 heteroatoms. The Hall–Kier alpha value is -2.22. The van der Waals surface area contributed by atoms with Crippen molar-refractivity contribution in [3.8, 4) is 6.07 Å². The van der Waals surface area contributed by atoms with Crippen LogP contribution in [0.3, 0.4) is 0 Å². The lowest BCUT2D eigenvalue weighted by molar-refractivity contribution is 0.114. The summed E-state index contributed by atoms with van der Waals surface area (Å²) in [4.78, 5) is 4.29. The second-order valence-corrected chi connectivity index (χ2v) is 4.77. The molecule has 0 saturated heterocycles. The van der Waals surface area contributed by atoms with Gasteiger partial charge in [0, 0.05) is 5.39 Å². The number of fused-ring (bicyclic) bond motifs is 1. The number of rotatable bonds is 3. The lowest BCUT2D eigenvalue weighted by atomic mass is 10.1. The number of pyridine rings is 1. The van der Waals surface area contributed by atoms with Crippen LogP contribution in [0.1, 0.15) is 18.4 Å². The number of nitriles is 1. The van der Waals surface area contributed by atoms with E-state index in [1.165, 1.54) is 0 Å². The van der Waals surface area contributed by atoms with Gasteiger partial charge in [0.15, 0.2) is 0 Å². The first-order chi connectivity index (χ1) is 9.14. The molecular formula is C14H11F2N3. The Morgan fingerprint density at radius 3 is 2.68 bits per heavy atom. The zero-order chi connectivity index (χ0) is 13.5. The van der Waals surface area contributed by atoms with Crippen molar-refractivity contribution in [1.29, 1.82) is 5.26 Å². The Morgan fingerprint density at radius 1 is 1.32 bits per heavy atom. The van der Waals surface area contributed by atoms with Gasteiger partial charge >= 0.3 is 0 Å². The first-order valence-corrected chi connectivity index (χ1v) is 6.01. The lowest BCUT2D eigenvalue weighted by Crippen LogP contribution is -2.30. The average Bonchev–Trinajstić information content (AvgIpc) is 3.19. The molecule has 1 aromatic heterocycles. The summed E-state index contributed by atoms with van der Waals surface area (Å²) >= 11 is 0. The molecule has 0 radical (unpaired) electrons. The molecule has 0 amide bonds. The molecule has 0 bridgehead atoms. The Balaban J connectivity index is 2.05. The molecule has 0 spiro atoms. The van der Waals surface area contributed by atoms with Crippen LogP contribution in [0.2, 0.25) is 0 Å². The van der Waals surface area contributed by atoms with Crippen molar-refractivity contribution in [3.63, 3.8) is 0 Å². The zero-order valence-corrected chi connectivity index (χ0v) is 10.0. The maximum Gasteiger partial charge on any atom is 0.261 e. The van der Waals surface area contributed by atoms with Crippen LogP contribution in [0, 0.1) is 11.3 Å². The summed E-state index contributed by atoms with van der Waals surface area (Å²) in [5.41, 5.74) is -0.208. The van der Waals surface area contributed by atoms with Crippen LogP contribution in [-0.2, 0) is 0 Å². The quantitative estimate of drug-likeness (QED) is 0.919. The molecule has 0 unspecified atom stereocenters. The lowest BCUT2D eigenvalue weighted by Gasteiger charge is -2.18. The van der Waals surface area contributed by atoms with Crippen molar-refractivity contribution in [2.45, 2.75) is 24.8 Å². The largest absolute Gasteiger partial charge is 0.358 e. The van der Waals surface area contributed by atoms with E-state index in [0.29, 0.717) is 23.9 Å². The summed E-state index contributed by atoms with van der Waals surface area (Å²) in [5.74, 6) is 0.249. The minimum Gasteiger partial charge on any atom is -0.358 e. The van der Waals surface area contributed by atoms with Crippen molar-refractivity contribution < 1.29 is 8.78 Å². The molecule has 19 heavy (non-hydrogen) atoms. The zero-order valence-electron chi connectivity index (χ0n) is 10.0. The maximum absolute atomic E-state index is 12.9. The highest BCUT2D eigenvalue weighted by Gasteiger charge is 2.51. The van der Waals surface area contributed by atoms with Gasteiger partial charge in [0.2, 0.25) is 0 Å². The molecule has 96 valence electrons. The Morgan fingerprint density at radius 2 is 2.05 bits per heavy atom. The number of para-hydroxylation sites is 1. The van der Waals surface area contributed by atoms with Crippen molar-refractivity contribution in [2.24, 2.45) is 0 Å². The van der Waals surface area contributed by atoms with Crippen LogP contribution in [0.15, 0.2) is 30.3 Å². The number of benzene rings is 1. The van der Waals surface area contributed by atoms with E-state index >= 15 is 0 Å². The van der Waals surface area contributed by atoms with Gasteiger partial charge in [0.1, 0.15) is 11.9 Å². The minimum atomic E-state index is -2.45. The fourth-order valence-corrected chi connectivity index (χ4v) is 2.06. The van der Waals surface area contributed by atoms with Crippen LogP contribution < -0.4 is 5.32 Å². The van der Waals surface area contributed by atoms with Gasteiger partial charge in [-0.1, -0.05) is 18.2 Å². The highest BCUT2D eigenvalue weighted by Crippen LogP contribution is 2.44. The van der Waals surface area contributed by atoms with E-state index in [1.807, 2.05) is 24.3 Å². The number of aromatic nitrogens is 1. The van der Waals surface area contributed by atoms with Crippen molar-refractivity contribution >= 4 is 16.7 Å². The number of nitrogens with zero attached hydrogens (tertiary/aromatic N) is 2. The SMILES string of the molecule is N#Cc1cc2ccccc2nc1NC1(C(F)F)CC1. The van der Waals surface area contributed by atoms with Gasteiger partial charge in [-0.2, -0.15) is 5.26 Å². The Kier molecular flexibility index (Phi) is 2.59. The maximum atomic E-state index is 12.9. The second-order valence-electron chi connectivity index (χ2n) is 4.77. The minimum absolute atomic E-state index is 0.249. The molecule has 1 aliphatic rings. The predicted octanol–water partition coefficient (Wildman–Crippen LogP) is 3.32. The van der Waals surface area contributed by atoms with Gasteiger partial charge in [-0.15, -0.1) is 0 Å². The van der Waals surface area contributed by atoms with Crippen LogP contribution in [-0.4, -0.2) is 16.9 Å². The van der Waals surface area contributed by atoms with Gasteiger partial charge in [0.05, 0.1) is 16.6 Å². The Labute approximate surface area is 108 Å². The topological polar surface area (TPSA) is 48.7 Å². The molecule has 1 aliphatic carbocycles. The van der Waals surface area contributed by atoms with E-state index in [9.17, 15) is 8.78 Å². The van der Waals surface area contributed by atoms with E-state index in [-0.39, 0.29) is 5.82 Å². The third-order valence-corrected chi connectivity index (χ3v) is 3.42. The van der Waals surface area contributed by atoms with Crippen molar-refractivity contribution in [3.05, 3.63) is 35.9 Å². The molecule has 3 nitrogen and oxygen atoms in total. The number of hydrogen-bond donors (Lipinski definition) is 1. The van der Waals surface area contributed by atoms with E-state index in [4.69, 9.17) is 5.26 Å². The molecule has 1 fully saturated rings. The average molecular weight is 259 g/mol. The third-order valence-electron chi connectivity index (χ3n) is 3.42. The highest BCUT2D eigenvalue weighted by atomic mass is 19.3. The van der Waals surface area contributed by atoms with Crippen LogP contribution in [0.5, 0.6) is 0 Å². The normalized spacial score (nSPS) is 16.3. The number of hydrogen-bond acceptors (Lipinski definition) is 3. The molecule has 1 aromatic carbocycles. The molecule has 0 aliphatic heterocycles. The van der Waals surface area contributed by atoms with Gasteiger partial charge in [-0.3, -0.25) is 0 Å². The molecule has 1 heterocycles. The number of anilines is 1. The number of halogens is 2. The predicted molar refractivity (Wildman–Crippen MR) is 68.0 cm³/mol. The first-order valence-electron chi connectivity index (χ1n) is 6.01. The smallest absolute Gasteiger partial charge is 0.261 e.